The van der Waals surface area contributed by atoms with E-state index in [1.165, 1.54) is 0 Å². The Morgan fingerprint density at radius 2 is 1.73 bits per heavy atom. The van der Waals surface area contributed by atoms with Crippen LogP contribution >= 0.6 is 11.6 Å². The zero-order chi connectivity index (χ0) is 21.3. The van der Waals surface area contributed by atoms with Gasteiger partial charge >= 0.3 is 0 Å². The minimum absolute atomic E-state index is 0.0377. The molecule has 1 heterocycles. The molecule has 1 aliphatic heterocycles. The molecule has 0 radical (unpaired) electrons. The van der Waals surface area contributed by atoms with Crippen molar-refractivity contribution in [3.63, 3.8) is 0 Å². The maximum absolute atomic E-state index is 12.4. The van der Waals surface area contributed by atoms with Crippen LogP contribution in [0.15, 0.2) is 48.5 Å². The maximum atomic E-state index is 12.4. The number of ketones is 1. The minimum atomic E-state index is -0.135. The number of halogens is 1. The molecule has 0 aromatic heterocycles. The number of hydrogen-bond acceptors (Lipinski definition) is 5. The lowest BCUT2D eigenvalue weighted by Crippen LogP contribution is -2.43. The van der Waals surface area contributed by atoms with E-state index < -0.39 is 0 Å². The van der Waals surface area contributed by atoms with E-state index in [2.05, 4.69) is 10.2 Å². The predicted molar refractivity (Wildman–Crippen MR) is 116 cm³/mol. The Balaban J connectivity index is 1.56. The van der Waals surface area contributed by atoms with Gasteiger partial charge in [0.2, 0.25) is 5.91 Å². The molecule has 1 unspecified atom stereocenters. The largest absolute Gasteiger partial charge is 0.497 e. The fourth-order valence-corrected chi connectivity index (χ4v) is 3.61. The molecule has 30 heavy (non-hydrogen) atoms. The number of nitrogens with one attached hydrogen (secondary N) is 1. The summed E-state index contributed by atoms with van der Waals surface area (Å²) in [6, 6.07) is 14.7. The molecule has 0 bridgehead atoms. The summed E-state index contributed by atoms with van der Waals surface area (Å²) in [4.78, 5) is 27.0. The summed E-state index contributed by atoms with van der Waals surface area (Å²) in [5, 5.41) is 3.58. The standard InChI is InChI=1S/C23H27ClN2O4/c1-29-20-8-4-17(5-9-20)21(26-12-14-30-15-13-26)16-25-23(28)11-10-22(27)18-2-6-19(24)7-3-18/h2-9,21H,10-16H2,1H3,(H,25,28). The number of Topliss-reactive ketones (excluding diaryl/α,β-unsaturated/α-hetero) is 1. The van der Waals surface area contributed by atoms with Crippen molar-refractivity contribution >= 4 is 23.3 Å². The van der Waals surface area contributed by atoms with E-state index in [-0.39, 0.29) is 30.6 Å². The number of morpholine rings is 1. The van der Waals surface area contributed by atoms with Gasteiger partial charge in [0, 0.05) is 43.1 Å². The van der Waals surface area contributed by atoms with Crippen LogP contribution < -0.4 is 10.1 Å². The van der Waals surface area contributed by atoms with Gasteiger partial charge < -0.3 is 14.8 Å². The van der Waals surface area contributed by atoms with Gasteiger partial charge in [0.25, 0.3) is 0 Å². The molecule has 0 saturated carbocycles. The van der Waals surface area contributed by atoms with Gasteiger partial charge in [-0.2, -0.15) is 0 Å². The maximum Gasteiger partial charge on any atom is 0.220 e. The highest BCUT2D eigenvalue weighted by Crippen LogP contribution is 2.23. The molecule has 1 aliphatic rings. The van der Waals surface area contributed by atoms with Crippen LogP contribution in [0, 0.1) is 0 Å². The lowest BCUT2D eigenvalue weighted by molar-refractivity contribution is -0.121. The van der Waals surface area contributed by atoms with E-state index in [1.807, 2.05) is 24.3 Å². The quantitative estimate of drug-likeness (QED) is 0.617. The zero-order valence-corrected chi connectivity index (χ0v) is 17.9. The molecule has 6 nitrogen and oxygen atoms in total. The second-order valence-corrected chi connectivity index (χ2v) is 7.61. The van der Waals surface area contributed by atoms with Gasteiger partial charge in [-0.3, -0.25) is 14.5 Å². The number of nitrogens with zero attached hydrogens (tertiary/aromatic N) is 1. The van der Waals surface area contributed by atoms with Gasteiger partial charge in [-0.25, -0.2) is 0 Å². The van der Waals surface area contributed by atoms with Crippen LogP contribution in [0.5, 0.6) is 5.75 Å². The normalized spacial score (nSPS) is 15.4. The van der Waals surface area contributed by atoms with Crippen LogP contribution in [-0.2, 0) is 9.53 Å². The lowest BCUT2D eigenvalue weighted by Gasteiger charge is -2.35. The first-order chi connectivity index (χ1) is 14.6. The Morgan fingerprint density at radius 1 is 1.07 bits per heavy atom. The van der Waals surface area contributed by atoms with Crippen molar-refractivity contribution in [1.82, 2.24) is 10.2 Å². The zero-order valence-electron chi connectivity index (χ0n) is 17.1. The third kappa shape index (κ3) is 6.29. The summed E-state index contributed by atoms with van der Waals surface area (Å²) in [6.45, 7) is 3.44. The second-order valence-electron chi connectivity index (χ2n) is 7.17. The Hall–Kier alpha value is -2.41. The molecule has 1 amide bonds. The van der Waals surface area contributed by atoms with Crippen LogP contribution in [0.3, 0.4) is 0 Å². The number of hydrogen-bond donors (Lipinski definition) is 1. The smallest absolute Gasteiger partial charge is 0.220 e. The summed E-state index contributed by atoms with van der Waals surface area (Å²) in [7, 11) is 1.64. The number of rotatable bonds is 9. The summed E-state index contributed by atoms with van der Waals surface area (Å²) in [5.41, 5.74) is 1.67. The summed E-state index contributed by atoms with van der Waals surface area (Å²) in [6.07, 6.45) is 0.318. The number of ether oxygens (including phenoxy) is 2. The summed E-state index contributed by atoms with van der Waals surface area (Å²) < 4.78 is 10.7. The van der Waals surface area contributed by atoms with Gasteiger partial charge in [0.15, 0.2) is 5.78 Å². The molecule has 2 aromatic rings. The molecule has 2 aromatic carbocycles. The first-order valence-corrected chi connectivity index (χ1v) is 10.5. The number of amides is 1. The molecule has 0 aliphatic carbocycles. The highest BCUT2D eigenvalue weighted by atomic mass is 35.5. The molecule has 7 heteroatoms. The highest BCUT2D eigenvalue weighted by Gasteiger charge is 2.23. The van der Waals surface area contributed by atoms with Crippen LogP contribution in [-0.4, -0.2) is 56.5 Å². The SMILES string of the molecule is COc1ccc(C(CNC(=O)CCC(=O)c2ccc(Cl)cc2)N2CCOCC2)cc1. The number of carbonyl (C=O) groups is 2. The van der Waals surface area contributed by atoms with Crippen molar-refractivity contribution in [2.45, 2.75) is 18.9 Å². The van der Waals surface area contributed by atoms with E-state index in [0.717, 1.165) is 24.4 Å². The van der Waals surface area contributed by atoms with Gasteiger partial charge in [0.05, 0.1) is 26.4 Å². The van der Waals surface area contributed by atoms with Gasteiger partial charge in [-0.1, -0.05) is 23.7 Å². The van der Waals surface area contributed by atoms with Crippen molar-refractivity contribution in [3.05, 3.63) is 64.7 Å². The topological polar surface area (TPSA) is 67.9 Å². The molecular formula is C23H27ClN2O4. The van der Waals surface area contributed by atoms with E-state index in [1.54, 1.807) is 31.4 Å². The van der Waals surface area contributed by atoms with Crippen LogP contribution in [0.25, 0.3) is 0 Å². The fourth-order valence-electron chi connectivity index (χ4n) is 3.48. The van der Waals surface area contributed by atoms with Crippen LogP contribution in [0.4, 0.5) is 0 Å². The molecule has 3 rings (SSSR count). The number of benzene rings is 2. The Labute approximate surface area is 182 Å². The van der Waals surface area contributed by atoms with Gasteiger partial charge in [-0.15, -0.1) is 0 Å². The number of carbonyl (C=O) groups excluding carboxylic acids is 2. The third-order valence-corrected chi connectivity index (χ3v) is 5.48. The second kappa shape index (κ2) is 11.1. The van der Waals surface area contributed by atoms with Crippen molar-refractivity contribution < 1.29 is 19.1 Å². The molecule has 1 atom stereocenters. The van der Waals surface area contributed by atoms with E-state index >= 15 is 0 Å². The van der Waals surface area contributed by atoms with Crippen molar-refractivity contribution in [1.29, 1.82) is 0 Å². The first-order valence-electron chi connectivity index (χ1n) is 10.1. The molecule has 1 fully saturated rings. The minimum Gasteiger partial charge on any atom is -0.497 e. The van der Waals surface area contributed by atoms with Crippen molar-refractivity contribution in [2.75, 3.05) is 40.0 Å². The Kier molecular flexibility index (Phi) is 8.25. The summed E-state index contributed by atoms with van der Waals surface area (Å²) in [5.74, 6) is 0.593. The summed E-state index contributed by atoms with van der Waals surface area (Å²) >= 11 is 5.85. The van der Waals surface area contributed by atoms with E-state index in [4.69, 9.17) is 21.1 Å². The van der Waals surface area contributed by atoms with E-state index in [9.17, 15) is 9.59 Å². The van der Waals surface area contributed by atoms with Crippen molar-refractivity contribution in [2.24, 2.45) is 0 Å². The highest BCUT2D eigenvalue weighted by molar-refractivity contribution is 6.30. The van der Waals surface area contributed by atoms with Gasteiger partial charge in [0.1, 0.15) is 5.75 Å². The molecule has 1 N–H and O–H groups in total. The van der Waals surface area contributed by atoms with Crippen molar-refractivity contribution in [3.8, 4) is 5.75 Å². The Morgan fingerprint density at radius 3 is 2.37 bits per heavy atom. The monoisotopic (exact) mass is 430 g/mol. The molecule has 1 saturated heterocycles. The average Bonchev–Trinajstić information content (AvgIpc) is 2.79. The Bertz CT molecular complexity index is 833. The molecule has 160 valence electrons. The molecular weight excluding hydrogens is 404 g/mol. The predicted octanol–water partition coefficient (Wildman–Crippen LogP) is 3.50. The average molecular weight is 431 g/mol. The van der Waals surface area contributed by atoms with Gasteiger partial charge in [-0.05, 0) is 42.0 Å². The fraction of sp³-hybridized carbons (Fsp3) is 0.391. The van der Waals surface area contributed by atoms with Crippen LogP contribution in [0.1, 0.15) is 34.8 Å². The number of methoxy groups -OCH3 is 1. The lowest BCUT2D eigenvalue weighted by atomic mass is 10.0. The third-order valence-electron chi connectivity index (χ3n) is 5.22. The van der Waals surface area contributed by atoms with E-state index in [0.29, 0.717) is 30.3 Å². The first kappa shape index (κ1) is 22.3. The molecule has 0 spiro atoms. The van der Waals surface area contributed by atoms with Crippen LogP contribution in [0.2, 0.25) is 5.02 Å².